The fraction of sp³-hybridized carbons (Fsp3) is 0.407. The fourth-order valence-electron chi connectivity index (χ4n) is 4.40. The predicted molar refractivity (Wildman–Crippen MR) is 157 cm³/mol. The van der Waals surface area contributed by atoms with Gasteiger partial charge in [-0.15, -0.1) is 23.1 Å². The van der Waals surface area contributed by atoms with Crippen molar-refractivity contribution in [1.29, 1.82) is 0 Å². The zero-order chi connectivity index (χ0) is 29.5. The van der Waals surface area contributed by atoms with E-state index in [9.17, 15) is 24.0 Å². The number of aromatic nitrogens is 1. The van der Waals surface area contributed by atoms with Gasteiger partial charge >= 0.3 is 17.9 Å². The van der Waals surface area contributed by atoms with Crippen LogP contribution in [0.1, 0.15) is 50.9 Å². The highest BCUT2D eigenvalue weighted by atomic mass is 32.2. The maximum atomic E-state index is 12.8. The normalized spacial score (nSPS) is 13.0. The average molecular weight is 620 g/mol. The Balaban J connectivity index is 1.46. The number of aryl methyl sites for hydroxylation is 1. The Labute approximate surface area is 247 Å². The third kappa shape index (κ3) is 7.24. The van der Waals surface area contributed by atoms with Gasteiger partial charge in [-0.2, -0.15) is 4.99 Å². The summed E-state index contributed by atoms with van der Waals surface area (Å²) in [6.45, 7) is 1.73. The van der Waals surface area contributed by atoms with E-state index in [0.29, 0.717) is 26.3 Å². The van der Waals surface area contributed by atoms with Gasteiger partial charge in [0.05, 0.1) is 53.7 Å². The molecule has 0 saturated carbocycles. The summed E-state index contributed by atoms with van der Waals surface area (Å²) in [4.78, 5) is 67.6. The molecule has 0 atom stereocenters. The van der Waals surface area contributed by atoms with Gasteiger partial charge in [0.1, 0.15) is 11.5 Å². The summed E-state index contributed by atoms with van der Waals surface area (Å²) < 4.78 is 17.0. The molecule has 11 nitrogen and oxygen atoms in total. The summed E-state index contributed by atoms with van der Waals surface area (Å²) in [5.41, 5.74) is 2.30. The minimum atomic E-state index is -0.511. The molecule has 0 spiro atoms. The number of thiophene rings is 1. The number of nitrogens with one attached hydrogen (secondary N) is 1. The lowest BCUT2D eigenvalue weighted by molar-refractivity contribution is -0.143. The number of anilines is 1. The number of methoxy groups -OCH3 is 2. The minimum absolute atomic E-state index is 0.0256. The number of thioether (sulfide) groups is 1. The first kappa shape index (κ1) is 30.5. The van der Waals surface area contributed by atoms with Gasteiger partial charge in [-0.25, -0.2) is 9.59 Å². The van der Waals surface area contributed by atoms with Crippen molar-refractivity contribution >= 4 is 79.4 Å². The molecule has 1 aliphatic rings. The molecule has 3 aromatic rings. The highest BCUT2D eigenvalue weighted by Gasteiger charge is 2.27. The molecule has 0 radical (unpaired) electrons. The second-order valence-corrected chi connectivity index (χ2v) is 12.0. The van der Waals surface area contributed by atoms with Gasteiger partial charge < -0.3 is 24.1 Å². The topological polar surface area (TPSA) is 142 Å². The number of benzene rings is 1. The number of fused-ring (bicyclic) bond motifs is 2. The van der Waals surface area contributed by atoms with E-state index in [1.807, 2.05) is 0 Å². The Morgan fingerprint density at radius 3 is 2.51 bits per heavy atom. The van der Waals surface area contributed by atoms with Crippen LogP contribution in [0.4, 0.5) is 5.00 Å². The first-order chi connectivity index (χ1) is 19.7. The van der Waals surface area contributed by atoms with Crippen molar-refractivity contribution in [2.45, 2.75) is 39.2 Å². The Hall–Kier alpha value is -3.49. The first-order valence-corrected chi connectivity index (χ1v) is 15.6. The van der Waals surface area contributed by atoms with Gasteiger partial charge in [-0.3, -0.25) is 14.4 Å². The number of thiazole rings is 1. The van der Waals surface area contributed by atoms with Crippen LogP contribution in [0, 0.1) is 0 Å². The number of rotatable bonds is 10. The number of amides is 2. The molecule has 4 rings (SSSR count). The van der Waals surface area contributed by atoms with Crippen LogP contribution >= 0.6 is 34.4 Å². The summed E-state index contributed by atoms with van der Waals surface area (Å²) >= 11 is 3.62. The number of esters is 3. The SMILES string of the molecule is CCOC(=O)Cn1c(=NC(=O)CSCC(=O)Nc2sc3c(c2C(=O)OC)CCCC3)sc2cc(C(=O)OC)ccc21. The summed E-state index contributed by atoms with van der Waals surface area (Å²) in [6.07, 6.45) is 3.65. The third-order valence-corrected chi connectivity index (χ3v) is 9.35. The van der Waals surface area contributed by atoms with Crippen LogP contribution in [0.15, 0.2) is 23.2 Å². The smallest absolute Gasteiger partial charge is 0.341 e. The Bertz CT molecular complexity index is 1570. The number of carbonyl (C=O) groups is 5. The zero-order valence-corrected chi connectivity index (χ0v) is 25.2. The molecule has 41 heavy (non-hydrogen) atoms. The summed E-state index contributed by atoms with van der Waals surface area (Å²) in [5, 5.41) is 3.28. The molecule has 1 N–H and O–H groups in total. The Morgan fingerprint density at radius 2 is 1.78 bits per heavy atom. The predicted octanol–water partition coefficient (Wildman–Crippen LogP) is 3.58. The minimum Gasteiger partial charge on any atom is -0.465 e. The number of carbonyl (C=O) groups excluding carboxylic acids is 5. The molecule has 0 saturated heterocycles. The van der Waals surface area contributed by atoms with Gasteiger partial charge in [-0.05, 0) is 56.4 Å². The molecule has 1 aliphatic carbocycles. The second kappa shape index (κ2) is 13.9. The molecule has 0 bridgehead atoms. The standard InChI is InChI=1S/C27H29N3O8S3/c1-4-38-22(33)12-30-17-10-9-15(25(34)36-2)11-19(17)41-27(30)29-21(32)14-39-13-20(31)28-24-23(26(35)37-3)16-7-5-6-8-18(16)40-24/h9-11H,4-8,12-14H2,1-3H3,(H,28,31). The largest absolute Gasteiger partial charge is 0.465 e. The van der Waals surface area contributed by atoms with E-state index in [2.05, 4.69) is 10.3 Å². The number of hydrogen-bond donors (Lipinski definition) is 1. The van der Waals surface area contributed by atoms with Crippen LogP contribution in [-0.2, 0) is 48.0 Å². The van der Waals surface area contributed by atoms with Crippen molar-refractivity contribution in [3.8, 4) is 0 Å². The van der Waals surface area contributed by atoms with Crippen molar-refractivity contribution in [2.75, 3.05) is 37.6 Å². The first-order valence-electron chi connectivity index (χ1n) is 12.8. The number of hydrogen-bond acceptors (Lipinski definition) is 11. The second-order valence-electron chi connectivity index (χ2n) is 8.90. The van der Waals surface area contributed by atoms with Crippen molar-refractivity contribution in [3.63, 3.8) is 0 Å². The Morgan fingerprint density at radius 1 is 1.02 bits per heavy atom. The average Bonchev–Trinajstić information content (AvgIpc) is 3.48. The van der Waals surface area contributed by atoms with Crippen molar-refractivity contribution < 1.29 is 38.2 Å². The maximum Gasteiger partial charge on any atom is 0.341 e. The highest BCUT2D eigenvalue weighted by Crippen LogP contribution is 2.38. The molecule has 218 valence electrons. The van der Waals surface area contributed by atoms with E-state index in [-0.39, 0.29) is 35.4 Å². The summed E-state index contributed by atoms with van der Waals surface area (Å²) in [6, 6.07) is 4.84. The van der Waals surface area contributed by atoms with Gasteiger partial charge in [-0.1, -0.05) is 11.3 Å². The van der Waals surface area contributed by atoms with E-state index in [1.165, 1.54) is 25.6 Å². The van der Waals surface area contributed by atoms with Crippen LogP contribution in [0.2, 0.25) is 0 Å². The zero-order valence-electron chi connectivity index (χ0n) is 22.8. The van der Waals surface area contributed by atoms with Crippen LogP contribution in [0.3, 0.4) is 0 Å². The molecule has 2 amide bonds. The lowest BCUT2D eigenvalue weighted by Gasteiger charge is -2.11. The van der Waals surface area contributed by atoms with Crippen LogP contribution in [0.25, 0.3) is 10.2 Å². The van der Waals surface area contributed by atoms with Gasteiger partial charge in [0.2, 0.25) is 5.91 Å². The molecule has 14 heteroatoms. The quantitative estimate of drug-likeness (QED) is 0.266. The van der Waals surface area contributed by atoms with E-state index in [4.69, 9.17) is 14.2 Å². The molecule has 1 aromatic carbocycles. The monoisotopic (exact) mass is 619 g/mol. The van der Waals surface area contributed by atoms with E-state index in [0.717, 1.165) is 59.2 Å². The van der Waals surface area contributed by atoms with Crippen LogP contribution in [-0.4, -0.2) is 66.6 Å². The van der Waals surface area contributed by atoms with Crippen LogP contribution < -0.4 is 10.1 Å². The molecule has 2 aromatic heterocycles. The highest BCUT2D eigenvalue weighted by molar-refractivity contribution is 8.00. The van der Waals surface area contributed by atoms with E-state index in [1.54, 1.807) is 29.7 Å². The lowest BCUT2D eigenvalue weighted by atomic mass is 9.95. The molecule has 2 heterocycles. The van der Waals surface area contributed by atoms with E-state index < -0.39 is 23.8 Å². The van der Waals surface area contributed by atoms with E-state index >= 15 is 0 Å². The van der Waals surface area contributed by atoms with Crippen molar-refractivity contribution in [3.05, 3.63) is 44.6 Å². The number of ether oxygens (including phenoxy) is 3. The number of nitrogens with zero attached hydrogens (tertiary/aromatic N) is 2. The fourth-order valence-corrected chi connectivity index (χ4v) is 7.37. The van der Waals surface area contributed by atoms with Crippen LogP contribution in [0.5, 0.6) is 0 Å². The molecule has 0 fully saturated rings. The van der Waals surface area contributed by atoms with Crippen molar-refractivity contribution in [2.24, 2.45) is 4.99 Å². The molecular weight excluding hydrogens is 591 g/mol. The molecule has 0 aliphatic heterocycles. The lowest BCUT2D eigenvalue weighted by Crippen LogP contribution is -2.23. The van der Waals surface area contributed by atoms with Gasteiger partial charge in [0, 0.05) is 4.88 Å². The van der Waals surface area contributed by atoms with Crippen molar-refractivity contribution in [1.82, 2.24) is 4.57 Å². The third-order valence-electron chi connectivity index (χ3n) is 6.19. The summed E-state index contributed by atoms with van der Waals surface area (Å²) in [5.74, 6) is -2.43. The maximum absolute atomic E-state index is 12.8. The molecule has 0 unspecified atom stereocenters. The summed E-state index contributed by atoms with van der Waals surface area (Å²) in [7, 11) is 2.60. The van der Waals surface area contributed by atoms with Gasteiger partial charge in [0.25, 0.3) is 5.91 Å². The molecular formula is C27H29N3O8S3. The Kier molecular flexibility index (Phi) is 10.3. The van der Waals surface area contributed by atoms with Gasteiger partial charge in [0.15, 0.2) is 4.80 Å².